The number of aromatic nitrogens is 2. The van der Waals surface area contributed by atoms with Gasteiger partial charge in [-0.3, -0.25) is 0 Å². The number of carbonyl (C=O) groups is 1. The summed E-state index contributed by atoms with van der Waals surface area (Å²) in [4.78, 5) is 20.4. The fraction of sp³-hybridized carbons (Fsp3) is 0.261. The summed E-state index contributed by atoms with van der Waals surface area (Å²) in [6.07, 6.45) is 0. The number of nitrogens with zero attached hydrogens (tertiary/aromatic N) is 2. The molecule has 156 valence electrons. The van der Waals surface area contributed by atoms with E-state index >= 15 is 0 Å². The molecule has 2 aromatic carbocycles. The van der Waals surface area contributed by atoms with Gasteiger partial charge in [0.2, 0.25) is 0 Å². The first-order valence-electron chi connectivity index (χ1n) is 9.57. The van der Waals surface area contributed by atoms with Gasteiger partial charge in [0.05, 0.1) is 7.11 Å². The van der Waals surface area contributed by atoms with Crippen molar-refractivity contribution in [1.29, 1.82) is 0 Å². The normalized spacial score (nSPS) is 11.2. The van der Waals surface area contributed by atoms with Crippen LogP contribution >= 0.6 is 0 Å². The SMILES string of the molecule is COc1ccc(CNc2nc(-c3ccc(C(C)(C)C)cc3)nc(N)c2C(=O)O)cc1. The van der Waals surface area contributed by atoms with E-state index in [2.05, 4.69) is 36.1 Å². The largest absolute Gasteiger partial charge is 0.497 e. The van der Waals surface area contributed by atoms with Crippen molar-refractivity contribution >= 4 is 17.6 Å². The number of aromatic carboxylic acids is 1. The average Bonchev–Trinajstić information content (AvgIpc) is 2.71. The van der Waals surface area contributed by atoms with Gasteiger partial charge in [-0.15, -0.1) is 0 Å². The lowest BCUT2D eigenvalue weighted by Gasteiger charge is -2.19. The molecule has 0 fully saturated rings. The Labute approximate surface area is 175 Å². The van der Waals surface area contributed by atoms with Crippen LogP contribution in [-0.2, 0) is 12.0 Å². The number of nitrogens with two attached hydrogens (primary N) is 1. The van der Waals surface area contributed by atoms with E-state index in [9.17, 15) is 9.90 Å². The highest BCUT2D eigenvalue weighted by atomic mass is 16.5. The molecule has 3 aromatic rings. The number of carboxylic acid groups (broad SMARTS) is 1. The third-order valence-corrected chi connectivity index (χ3v) is 4.78. The van der Waals surface area contributed by atoms with Crippen molar-refractivity contribution in [2.75, 3.05) is 18.2 Å². The second-order valence-corrected chi connectivity index (χ2v) is 7.99. The predicted molar refractivity (Wildman–Crippen MR) is 118 cm³/mol. The van der Waals surface area contributed by atoms with Crippen LogP contribution in [-0.4, -0.2) is 28.2 Å². The van der Waals surface area contributed by atoms with E-state index in [0.717, 1.165) is 16.9 Å². The summed E-state index contributed by atoms with van der Waals surface area (Å²) in [7, 11) is 1.60. The van der Waals surface area contributed by atoms with Crippen LogP contribution in [0.3, 0.4) is 0 Å². The predicted octanol–water partition coefficient (Wildman–Crippen LogP) is 4.34. The molecule has 0 aliphatic heterocycles. The third-order valence-electron chi connectivity index (χ3n) is 4.78. The highest BCUT2D eigenvalue weighted by molar-refractivity contribution is 5.98. The summed E-state index contributed by atoms with van der Waals surface area (Å²) in [5.74, 6) is 0.0390. The molecule has 7 nitrogen and oxygen atoms in total. The maximum atomic E-state index is 11.7. The van der Waals surface area contributed by atoms with Gasteiger partial charge in [-0.05, 0) is 28.7 Å². The van der Waals surface area contributed by atoms with E-state index in [1.54, 1.807) is 7.11 Å². The van der Waals surface area contributed by atoms with Gasteiger partial charge in [-0.25, -0.2) is 14.8 Å². The molecule has 0 amide bonds. The Balaban J connectivity index is 1.93. The van der Waals surface area contributed by atoms with Crippen LogP contribution in [0.15, 0.2) is 48.5 Å². The van der Waals surface area contributed by atoms with Gasteiger partial charge in [-0.2, -0.15) is 0 Å². The van der Waals surface area contributed by atoms with Crippen molar-refractivity contribution in [2.45, 2.75) is 32.7 Å². The Morgan fingerprint density at radius 2 is 1.70 bits per heavy atom. The lowest BCUT2D eigenvalue weighted by Crippen LogP contribution is -2.14. The molecule has 0 bridgehead atoms. The highest BCUT2D eigenvalue weighted by Gasteiger charge is 2.20. The van der Waals surface area contributed by atoms with E-state index in [-0.39, 0.29) is 22.6 Å². The molecule has 1 heterocycles. The number of benzene rings is 2. The maximum Gasteiger partial charge on any atom is 0.343 e. The molecule has 30 heavy (non-hydrogen) atoms. The number of nitrogens with one attached hydrogen (secondary N) is 1. The minimum Gasteiger partial charge on any atom is -0.497 e. The molecule has 0 aliphatic carbocycles. The third kappa shape index (κ3) is 4.68. The zero-order valence-electron chi connectivity index (χ0n) is 17.6. The van der Waals surface area contributed by atoms with Gasteiger partial charge >= 0.3 is 5.97 Å². The molecule has 0 unspecified atom stereocenters. The lowest BCUT2D eigenvalue weighted by atomic mass is 9.87. The number of ether oxygens (including phenoxy) is 1. The number of carboxylic acids is 1. The second-order valence-electron chi connectivity index (χ2n) is 7.99. The molecule has 0 atom stereocenters. The minimum atomic E-state index is -1.18. The Bertz CT molecular complexity index is 1040. The van der Waals surface area contributed by atoms with Crippen molar-refractivity contribution in [3.63, 3.8) is 0 Å². The number of rotatable bonds is 6. The minimum absolute atomic E-state index is 0.0245. The van der Waals surface area contributed by atoms with Crippen LogP contribution < -0.4 is 15.8 Å². The van der Waals surface area contributed by atoms with E-state index in [1.807, 2.05) is 48.5 Å². The number of methoxy groups -OCH3 is 1. The standard InChI is InChI=1S/C23H26N4O3/c1-23(2,3)16-9-7-15(8-10-16)20-26-19(24)18(22(28)29)21(27-20)25-13-14-5-11-17(30-4)12-6-14/h5-12H,13H2,1-4H3,(H,28,29)(H3,24,25,26,27). The Morgan fingerprint density at radius 1 is 1.07 bits per heavy atom. The van der Waals surface area contributed by atoms with E-state index in [1.165, 1.54) is 5.56 Å². The van der Waals surface area contributed by atoms with Crippen LogP contribution in [0.4, 0.5) is 11.6 Å². The molecule has 0 radical (unpaired) electrons. The second kappa shape index (κ2) is 8.41. The van der Waals surface area contributed by atoms with E-state index < -0.39 is 5.97 Å². The molecule has 0 saturated carbocycles. The van der Waals surface area contributed by atoms with Crippen LogP contribution in [0.25, 0.3) is 11.4 Å². The first-order chi connectivity index (χ1) is 14.2. The summed E-state index contributed by atoms with van der Waals surface area (Å²) in [5, 5.41) is 12.7. The van der Waals surface area contributed by atoms with Crippen LogP contribution in [0.5, 0.6) is 5.75 Å². The number of anilines is 2. The zero-order chi connectivity index (χ0) is 21.9. The Morgan fingerprint density at radius 3 is 2.23 bits per heavy atom. The summed E-state index contributed by atoms with van der Waals surface area (Å²) in [5.41, 5.74) is 8.75. The molecule has 3 rings (SSSR count). The van der Waals surface area contributed by atoms with Gasteiger partial charge in [0.1, 0.15) is 22.9 Å². The quantitative estimate of drug-likeness (QED) is 0.558. The Kier molecular flexibility index (Phi) is 5.91. The van der Waals surface area contributed by atoms with Crippen molar-refractivity contribution in [3.05, 3.63) is 65.2 Å². The molecular formula is C23H26N4O3. The first kappa shape index (κ1) is 21.1. The summed E-state index contributed by atoms with van der Waals surface area (Å²) in [6.45, 7) is 6.79. The monoisotopic (exact) mass is 406 g/mol. The summed E-state index contributed by atoms with van der Waals surface area (Å²) >= 11 is 0. The van der Waals surface area contributed by atoms with Crippen LogP contribution in [0.1, 0.15) is 42.3 Å². The lowest BCUT2D eigenvalue weighted by molar-refractivity contribution is 0.0698. The summed E-state index contributed by atoms with van der Waals surface area (Å²) < 4.78 is 5.16. The Hall–Kier alpha value is -3.61. The number of hydrogen-bond acceptors (Lipinski definition) is 6. The molecular weight excluding hydrogens is 380 g/mol. The zero-order valence-corrected chi connectivity index (χ0v) is 17.6. The topological polar surface area (TPSA) is 110 Å². The van der Waals surface area contributed by atoms with Crippen molar-refractivity contribution in [1.82, 2.24) is 9.97 Å². The summed E-state index contributed by atoms with van der Waals surface area (Å²) in [6, 6.07) is 15.3. The van der Waals surface area contributed by atoms with Crippen molar-refractivity contribution in [3.8, 4) is 17.1 Å². The van der Waals surface area contributed by atoms with Gasteiger partial charge in [-0.1, -0.05) is 57.2 Å². The average molecular weight is 406 g/mol. The van der Waals surface area contributed by atoms with Crippen LogP contribution in [0, 0.1) is 0 Å². The van der Waals surface area contributed by atoms with E-state index in [0.29, 0.717) is 12.4 Å². The first-order valence-corrected chi connectivity index (χ1v) is 9.57. The van der Waals surface area contributed by atoms with E-state index in [4.69, 9.17) is 10.5 Å². The van der Waals surface area contributed by atoms with Crippen molar-refractivity contribution < 1.29 is 14.6 Å². The fourth-order valence-electron chi connectivity index (χ4n) is 2.99. The fourth-order valence-corrected chi connectivity index (χ4v) is 2.99. The molecule has 0 saturated heterocycles. The molecule has 1 aromatic heterocycles. The number of nitrogen functional groups attached to an aromatic ring is 1. The molecule has 0 spiro atoms. The molecule has 4 N–H and O–H groups in total. The van der Waals surface area contributed by atoms with Crippen LogP contribution in [0.2, 0.25) is 0 Å². The molecule has 7 heteroatoms. The smallest absolute Gasteiger partial charge is 0.343 e. The van der Waals surface area contributed by atoms with Gasteiger partial charge in [0.15, 0.2) is 5.82 Å². The van der Waals surface area contributed by atoms with Gasteiger partial charge < -0.3 is 20.9 Å². The molecule has 0 aliphatic rings. The van der Waals surface area contributed by atoms with Gasteiger partial charge in [0.25, 0.3) is 0 Å². The maximum absolute atomic E-state index is 11.7. The number of hydrogen-bond donors (Lipinski definition) is 3. The van der Waals surface area contributed by atoms with Gasteiger partial charge in [0, 0.05) is 12.1 Å². The van der Waals surface area contributed by atoms with Crippen molar-refractivity contribution in [2.24, 2.45) is 0 Å². The highest BCUT2D eigenvalue weighted by Crippen LogP contribution is 2.28.